The van der Waals surface area contributed by atoms with E-state index in [0.717, 1.165) is 25.0 Å². The SMILES string of the molecule is C[C@@H]1C[C@H](c2nc3ccc(C(F)(F)F)cc3c(N)c2N)CCO1. The van der Waals surface area contributed by atoms with Gasteiger partial charge in [-0.15, -0.1) is 0 Å². The molecule has 2 aromatic rings. The van der Waals surface area contributed by atoms with Crippen LogP contribution in [0.3, 0.4) is 0 Å². The fraction of sp³-hybridized carbons (Fsp3) is 0.438. The number of anilines is 2. The third-order valence-electron chi connectivity index (χ3n) is 4.29. The van der Waals surface area contributed by atoms with E-state index in [-0.39, 0.29) is 28.8 Å². The number of ether oxygens (including phenoxy) is 1. The predicted octanol–water partition coefficient (Wildman–Crippen LogP) is 3.70. The first-order chi connectivity index (χ1) is 10.8. The highest BCUT2D eigenvalue weighted by molar-refractivity contribution is 5.97. The molecular weight excluding hydrogens is 307 g/mol. The summed E-state index contributed by atoms with van der Waals surface area (Å²) < 4.78 is 44.1. The number of alkyl halides is 3. The monoisotopic (exact) mass is 325 g/mol. The fourth-order valence-electron chi connectivity index (χ4n) is 3.06. The Balaban J connectivity index is 2.10. The van der Waals surface area contributed by atoms with Gasteiger partial charge >= 0.3 is 6.18 Å². The zero-order valence-electron chi connectivity index (χ0n) is 12.7. The number of rotatable bonds is 1. The summed E-state index contributed by atoms with van der Waals surface area (Å²) >= 11 is 0. The lowest BCUT2D eigenvalue weighted by molar-refractivity contribution is -0.137. The molecule has 0 aliphatic carbocycles. The largest absolute Gasteiger partial charge is 0.416 e. The summed E-state index contributed by atoms with van der Waals surface area (Å²) in [5.74, 6) is 0.104. The summed E-state index contributed by atoms with van der Waals surface area (Å²) in [6.45, 7) is 2.58. The molecule has 1 aromatic heterocycles. The van der Waals surface area contributed by atoms with E-state index in [4.69, 9.17) is 16.2 Å². The topological polar surface area (TPSA) is 74.2 Å². The Morgan fingerprint density at radius 2 is 1.96 bits per heavy atom. The van der Waals surface area contributed by atoms with Crippen molar-refractivity contribution >= 4 is 22.3 Å². The number of hydrogen-bond acceptors (Lipinski definition) is 4. The molecule has 7 heteroatoms. The standard InChI is InChI=1S/C16H18F3N3O/c1-8-6-9(4-5-23-8)15-14(21)13(20)11-7-10(16(17,18)19)2-3-12(11)22-15/h2-3,7-9H,4-6,21H2,1H3,(H2,20,22)/t8-,9-/m1/s1. The fourth-order valence-corrected chi connectivity index (χ4v) is 3.06. The smallest absolute Gasteiger partial charge is 0.396 e. The number of fused-ring (bicyclic) bond motifs is 1. The zero-order chi connectivity index (χ0) is 16.8. The molecule has 1 aromatic carbocycles. The van der Waals surface area contributed by atoms with Crippen molar-refractivity contribution in [3.05, 3.63) is 29.5 Å². The summed E-state index contributed by atoms with van der Waals surface area (Å²) in [5, 5.41) is 0.237. The van der Waals surface area contributed by atoms with Gasteiger partial charge in [0, 0.05) is 17.9 Å². The van der Waals surface area contributed by atoms with Gasteiger partial charge in [0.05, 0.1) is 34.3 Å². The van der Waals surface area contributed by atoms with E-state index in [1.807, 2.05) is 6.92 Å². The van der Waals surface area contributed by atoms with Gasteiger partial charge in [0.2, 0.25) is 0 Å². The summed E-state index contributed by atoms with van der Waals surface area (Å²) in [6.07, 6.45) is -2.79. The van der Waals surface area contributed by atoms with Crippen molar-refractivity contribution in [2.24, 2.45) is 0 Å². The van der Waals surface area contributed by atoms with E-state index in [2.05, 4.69) is 4.98 Å². The van der Waals surface area contributed by atoms with Gasteiger partial charge in [-0.1, -0.05) is 0 Å². The van der Waals surface area contributed by atoms with Crippen LogP contribution in [0, 0.1) is 0 Å². The predicted molar refractivity (Wildman–Crippen MR) is 83.0 cm³/mol. The summed E-state index contributed by atoms with van der Waals surface area (Å²) in [4.78, 5) is 4.49. The Hall–Kier alpha value is -2.02. The van der Waals surface area contributed by atoms with Gasteiger partial charge in [0.15, 0.2) is 0 Å². The van der Waals surface area contributed by atoms with Crippen LogP contribution < -0.4 is 11.5 Å². The van der Waals surface area contributed by atoms with Gasteiger partial charge in [-0.3, -0.25) is 4.98 Å². The third kappa shape index (κ3) is 2.93. The van der Waals surface area contributed by atoms with Crippen molar-refractivity contribution < 1.29 is 17.9 Å². The molecule has 0 unspecified atom stereocenters. The second kappa shape index (κ2) is 5.56. The summed E-state index contributed by atoms with van der Waals surface area (Å²) in [6, 6.07) is 3.37. The number of benzene rings is 1. The lowest BCUT2D eigenvalue weighted by atomic mass is 9.90. The lowest BCUT2D eigenvalue weighted by Gasteiger charge is -2.28. The van der Waals surface area contributed by atoms with Crippen LogP contribution in [-0.2, 0) is 10.9 Å². The number of nitrogens with zero attached hydrogens (tertiary/aromatic N) is 1. The zero-order valence-corrected chi connectivity index (χ0v) is 12.7. The third-order valence-corrected chi connectivity index (χ3v) is 4.29. The molecular formula is C16H18F3N3O. The van der Waals surface area contributed by atoms with Crippen molar-refractivity contribution in [2.45, 2.75) is 38.0 Å². The molecule has 0 radical (unpaired) electrons. The molecule has 1 saturated heterocycles. The lowest BCUT2D eigenvalue weighted by Crippen LogP contribution is -2.23. The molecule has 23 heavy (non-hydrogen) atoms. The Morgan fingerprint density at radius 1 is 1.22 bits per heavy atom. The van der Waals surface area contributed by atoms with Crippen molar-refractivity contribution in [3.8, 4) is 0 Å². The summed E-state index contributed by atoms with van der Waals surface area (Å²) in [5.41, 5.74) is 12.8. The maximum Gasteiger partial charge on any atom is 0.416 e. The second-order valence-electron chi connectivity index (χ2n) is 5.96. The molecule has 0 saturated carbocycles. The van der Waals surface area contributed by atoms with Gasteiger partial charge in [0.25, 0.3) is 0 Å². The molecule has 124 valence electrons. The molecule has 0 bridgehead atoms. The minimum Gasteiger partial charge on any atom is -0.396 e. The number of halogens is 3. The van der Waals surface area contributed by atoms with Crippen LogP contribution in [-0.4, -0.2) is 17.7 Å². The molecule has 3 rings (SSSR count). The minimum absolute atomic E-state index is 0.0967. The van der Waals surface area contributed by atoms with E-state index in [1.54, 1.807) is 0 Å². The van der Waals surface area contributed by atoms with Crippen LogP contribution in [0.2, 0.25) is 0 Å². The highest BCUT2D eigenvalue weighted by Gasteiger charge is 2.31. The van der Waals surface area contributed by atoms with Crippen LogP contribution >= 0.6 is 0 Å². The van der Waals surface area contributed by atoms with Crippen molar-refractivity contribution in [1.82, 2.24) is 4.98 Å². The van der Waals surface area contributed by atoms with E-state index < -0.39 is 11.7 Å². The molecule has 1 fully saturated rings. The van der Waals surface area contributed by atoms with Crippen molar-refractivity contribution in [1.29, 1.82) is 0 Å². The first kappa shape index (κ1) is 15.9. The van der Waals surface area contributed by atoms with Gasteiger partial charge < -0.3 is 16.2 Å². The van der Waals surface area contributed by atoms with Gasteiger partial charge in [-0.25, -0.2) is 0 Å². The molecule has 4 nitrogen and oxygen atoms in total. The quantitative estimate of drug-likeness (QED) is 0.838. The molecule has 1 aliphatic heterocycles. The molecule has 2 atom stereocenters. The Morgan fingerprint density at radius 3 is 2.61 bits per heavy atom. The molecule has 0 amide bonds. The molecule has 4 N–H and O–H groups in total. The van der Waals surface area contributed by atoms with Gasteiger partial charge in [0.1, 0.15) is 0 Å². The molecule has 2 heterocycles. The molecule has 0 spiro atoms. The maximum atomic E-state index is 12.9. The normalized spacial score (nSPS) is 22.4. The van der Waals surface area contributed by atoms with Crippen molar-refractivity contribution in [3.63, 3.8) is 0 Å². The summed E-state index contributed by atoms with van der Waals surface area (Å²) in [7, 11) is 0. The van der Waals surface area contributed by atoms with Crippen LogP contribution in [0.4, 0.5) is 24.5 Å². The highest BCUT2D eigenvalue weighted by atomic mass is 19.4. The average Bonchev–Trinajstić information content (AvgIpc) is 2.49. The second-order valence-corrected chi connectivity index (χ2v) is 5.96. The number of aromatic nitrogens is 1. The number of nitrogens with two attached hydrogens (primary N) is 2. The van der Waals surface area contributed by atoms with E-state index in [0.29, 0.717) is 17.8 Å². The highest BCUT2D eigenvalue weighted by Crippen LogP contribution is 2.39. The van der Waals surface area contributed by atoms with E-state index in [1.165, 1.54) is 6.07 Å². The van der Waals surface area contributed by atoms with Crippen LogP contribution in [0.5, 0.6) is 0 Å². The Kier molecular flexibility index (Phi) is 3.83. The van der Waals surface area contributed by atoms with E-state index in [9.17, 15) is 13.2 Å². The number of pyridine rings is 1. The first-order valence-corrected chi connectivity index (χ1v) is 7.44. The minimum atomic E-state index is -4.43. The number of nitrogen functional groups attached to an aromatic ring is 2. The Labute approximate surface area is 131 Å². The van der Waals surface area contributed by atoms with Crippen molar-refractivity contribution in [2.75, 3.05) is 18.1 Å². The first-order valence-electron chi connectivity index (χ1n) is 7.44. The van der Waals surface area contributed by atoms with Crippen LogP contribution in [0.1, 0.15) is 36.9 Å². The van der Waals surface area contributed by atoms with E-state index >= 15 is 0 Å². The van der Waals surface area contributed by atoms with Gasteiger partial charge in [-0.05, 0) is 38.0 Å². The Bertz CT molecular complexity index is 745. The van der Waals surface area contributed by atoms with Gasteiger partial charge in [-0.2, -0.15) is 13.2 Å². The maximum absolute atomic E-state index is 12.9. The average molecular weight is 325 g/mol. The molecule has 1 aliphatic rings. The van der Waals surface area contributed by atoms with Crippen LogP contribution in [0.25, 0.3) is 10.9 Å². The number of hydrogen-bond donors (Lipinski definition) is 2. The van der Waals surface area contributed by atoms with Crippen LogP contribution in [0.15, 0.2) is 18.2 Å².